The fraction of sp³-hybridized carbons (Fsp3) is 0.875. The van der Waals surface area contributed by atoms with Gasteiger partial charge in [0.2, 0.25) is 0 Å². The van der Waals surface area contributed by atoms with Gasteiger partial charge in [0.05, 0.1) is 6.07 Å². The van der Waals surface area contributed by atoms with Crippen molar-refractivity contribution in [3.8, 4) is 6.07 Å². The lowest BCUT2D eigenvalue weighted by Crippen LogP contribution is -2.52. The van der Waals surface area contributed by atoms with Crippen LogP contribution in [0.5, 0.6) is 0 Å². The molecule has 80 valence electrons. The Morgan fingerprint density at radius 2 is 2.29 bits per heavy atom. The second-order valence-corrected chi connectivity index (χ2v) is 3.10. The van der Waals surface area contributed by atoms with Crippen LogP contribution in [0, 0.1) is 21.4 Å². The van der Waals surface area contributed by atoms with Gasteiger partial charge in [-0.15, -0.1) is 0 Å². The number of nitrogens with zero attached hydrogens (tertiary/aromatic N) is 2. The van der Waals surface area contributed by atoms with Crippen LogP contribution in [0.15, 0.2) is 0 Å². The minimum atomic E-state index is -1.79. The second-order valence-electron chi connectivity index (χ2n) is 3.10. The van der Waals surface area contributed by atoms with Crippen LogP contribution in [0.3, 0.4) is 0 Å². The van der Waals surface area contributed by atoms with Gasteiger partial charge in [-0.2, -0.15) is 5.26 Å². The first-order valence-electron chi connectivity index (χ1n) is 4.35. The van der Waals surface area contributed by atoms with Gasteiger partial charge in [0.25, 0.3) is 5.54 Å². The Bertz CT molecular complexity index is 238. The Morgan fingerprint density at radius 1 is 1.71 bits per heavy atom. The highest BCUT2D eigenvalue weighted by molar-refractivity contribution is 4.89. The smallest absolute Gasteiger partial charge is 0.271 e. The SMILES string of the molecule is CCC(O)C(CO)(CCC#N)[N+](=O)[O-]. The first kappa shape index (κ1) is 12.8. The number of rotatable bonds is 6. The first-order valence-corrected chi connectivity index (χ1v) is 4.35. The summed E-state index contributed by atoms with van der Waals surface area (Å²) in [6, 6.07) is 1.76. The summed E-state index contributed by atoms with van der Waals surface area (Å²) in [5.41, 5.74) is -1.79. The molecule has 0 heterocycles. The van der Waals surface area contributed by atoms with E-state index >= 15 is 0 Å². The molecule has 0 aromatic heterocycles. The van der Waals surface area contributed by atoms with E-state index in [4.69, 9.17) is 10.4 Å². The molecule has 2 atom stereocenters. The molecule has 0 amide bonds. The molecule has 6 nitrogen and oxygen atoms in total. The van der Waals surface area contributed by atoms with Gasteiger partial charge in [0.1, 0.15) is 12.7 Å². The molecule has 14 heavy (non-hydrogen) atoms. The highest BCUT2D eigenvalue weighted by Gasteiger charge is 2.48. The van der Waals surface area contributed by atoms with Crippen LogP contribution in [0.25, 0.3) is 0 Å². The highest BCUT2D eigenvalue weighted by atomic mass is 16.6. The predicted molar refractivity (Wildman–Crippen MR) is 48.0 cm³/mol. The minimum absolute atomic E-state index is 0.0569. The average Bonchev–Trinajstić information content (AvgIpc) is 2.18. The number of hydrogen-bond donors (Lipinski definition) is 2. The zero-order valence-electron chi connectivity index (χ0n) is 8.01. The summed E-state index contributed by atoms with van der Waals surface area (Å²) in [6.07, 6.45) is -1.25. The van der Waals surface area contributed by atoms with Crippen molar-refractivity contribution in [1.82, 2.24) is 0 Å². The van der Waals surface area contributed by atoms with Crippen molar-refractivity contribution in [2.45, 2.75) is 37.8 Å². The molecule has 0 saturated carbocycles. The maximum Gasteiger partial charge on any atom is 0.271 e. The zero-order chi connectivity index (χ0) is 11.2. The van der Waals surface area contributed by atoms with Crippen molar-refractivity contribution in [2.24, 2.45) is 0 Å². The lowest BCUT2D eigenvalue weighted by atomic mass is 9.87. The first-order chi connectivity index (χ1) is 6.55. The summed E-state index contributed by atoms with van der Waals surface area (Å²) in [5, 5.41) is 37.5. The molecule has 0 radical (unpaired) electrons. The number of hydrogen-bond acceptors (Lipinski definition) is 5. The second kappa shape index (κ2) is 5.52. The lowest BCUT2D eigenvalue weighted by Gasteiger charge is -2.26. The third-order valence-corrected chi connectivity index (χ3v) is 2.31. The van der Waals surface area contributed by atoms with Crippen molar-refractivity contribution in [1.29, 1.82) is 5.26 Å². The Kier molecular flexibility index (Phi) is 5.05. The van der Waals surface area contributed by atoms with Crippen molar-refractivity contribution >= 4 is 0 Å². The Hall–Kier alpha value is -1.19. The number of aliphatic hydroxyl groups is 2. The fourth-order valence-corrected chi connectivity index (χ4v) is 1.27. The van der Waals surface area contributed by atoms with Gasteiger partial charge in [-0.3, -0.25) is 10.1 Å². The molecule has 0 bridgehead atoms. The largest absolute Gasteiger partial charge is 0.389 e. The fourth-order valence-electron chi connectivity index (χ4n) is 1.27. The minimum Gasteiger partial charge on any atom is -0.389 e. The van der Waals surface area contributed by atoms with E-state index in [1.807, 2.05) is 0 Å². The Balaban J connectivity index is 4.80. The summed E-state index contributed by atoms with van der Waals surface area (Å²) in [6.45, 7) is 0.835. The van der Waals surface area contributed by atoms with Crippen LogP contribution in [0.1, 0.15) is 26.2 Å². The van der Waals surface area contributed by atoms with E-state index in [0.717, 1.165) is 0 Å². The van der Waals surface area contributed by atoms with E-state index in [2.05, 4.69) is 0 Å². The maximum absolute atomic E-state index is 10.7. The maximum atomic E-state index is 10.7. The van der Waals surface area contributed by atoms with E-state index < -0.39 is 23.2 Å². The Labute approximate surface area is 81.9 Å². The Morgan fingerprint density at radius 3 is 2.57 bits per heavy atom. The standard InChI is InChI=1S/C8H14N2O4/c1-2-7(12)8(6-11,10(13)14)4-3-5-9/h7,11-12H,2-4,6H2,1H3. The van der Waals surface area contributed by atoms with Gasteiger partial charge in [-0.1, -0.05) is 6.92 Å². The van der Waals surface area contributed by atoms with E-state index in [9.17, 15) is 15.2 Å². The lowest BCUT2D eigenvalue weighted by molar-refractivity contribution is -0.588. The van der Waals surface area contributed by atoms with Gasteiger partial charge in [-0.25, -0.2) is 0 Å². The summed E-state index contributed by atoms with van der Waals surface area (Å²) in [7, 11) is 0. The zero-order valence-corrected chi connectivity index (χ0v) is 8.01. The van der Waals surface area contributed by atoms with Crippen LogP contribution in [0.2, 0.25) is 0 Å². The third-order valence-electron chi connectivity index (χ3n) is 2.31. The molecular weight excluding hydrogens is 188 g/mol. The third kappa shape index (κ3) is 2.40. The molecular formula is C8H14N2O4. The molecule has 0 rings (SSSR count). The molecule has 0 aromatic rings. The summed E-state index contributed by atoms with van der Waals surface area (Å²) >= 11 is 0. The van der Waals surface area contributed by atoms with Crippen LogP contribution in [-0.4, -0.2) is 33.4 Å². The van der Waals surface area contributed by atoms with Crippen molar-refractivity contribution in [2.75, 3.05) is 6.61 Å². The van der Waals surface area contributed by atoms with Crippen molar-refractivity contribution in [3.05, 3.63) is 10.1 Å². The monoisotopic (exact) mass is 202 g/mol. The van der Waals surface area contributed by atoms with Gasteiger partial charge in [0, 0.05) is 17.8 Å². The molecule has 0 aliphatic heterocycles. The van der Waals surface area contributed by atoms with Crippen LogP contribution >= 0.6 is 0 Å². The van der Waals surface area contributed by atoms with Crippen LogP contribution in [0.4, 0.5) is 0 Å². The predicted octanol–water partition coefficient (Wildman–Crippen LogP) is 0.0689. The van der Waals surface area contributed by atoms with E-state index in [0.29, 0.717) is 0 Å². The van der Waals surface area contributed by atoms with E-state index in [1.165, 1.54) is 0 Å². The van der Waals surface area contributed by atoms with Gasteiger partial charge < -0.3 is 10.2 Å². The summed E-state index contributed by atoms with van der Waals surface area (Å²) in [4.78, 5) is 10.0. The number of nitriles is 1. The van der Waals surface area contributed by atoms with Crippen LogP contribution < -0.4 is 0 Å². The van der Waals surface area contributed by atoms with E-state index in [1.54, 1.807) is 13.0 Å². The molecule has 2 unspecified atom stereocenters. The normalized spacial score (nSPS) is 16.7. The van der Waals surface area contributed by atoms with E-state index in [-0.39, 0.29) is 19.3 Å². The van der Waals surface area contributed by atoms with Crippen molar-refractivity contribution < 1.29 is 15.1 Å². The number of aliphatic hydroxyl groups excluding tert-OH is 2. The molecule has 0 aliphatic rings. The summed E-state index contributed by atoms with van der Waals surface area (Å²) in [5.74, 6) is 0. The van der Waals surface area contributed by atoms with Gasteiger partial charge >= 0.3 is 0 Å². The van der Waals surface area contributed by atoms with Gasteiger partial charge in [-0.05, 0) is 6.42 Å². The summed E-state index contributed by atoms with van der Waals surface area (Å²) < 4.78 is 0. The topological polar surface area (TPSA) is 107 Å². The van der Waals surface area contributed by atoms with Crippen molar-refractivity contribution in [3.63, 3.8) is 0 Å². The molecule has 6 heteroatoms. The van der Waals surface area contributed by atoms with Gasteiger partial charge in [0.15, 0.2) is 0 Å². The quantitative estimate of drug-likeness (QED) is 0.468. The number of nitro groups is 1. The molecule has 0 saturated heterocycles. The molecule has 0 fully saturated rings. The average molecular weight is 202 g/mol. The molecule has 2 N–H and O–H groups in total. The molecule has 0 aromatic carbocycles. The van der Waals surface area contributed by atoms with Crippen LogP contribution in [-0.2, 0) is 0 Å². The highest BCUT2D eigenvalue weighted by Crippen LogP contribution is 2.23. The molecule has 0 aliphatic carbocycles. The molecule has 0 spiro atoms.